The summed E-state index contributed by atoms with van der Waals surface area (Å²) in [5.41, 5.74) is 9.38. The van der Waals surface area contributed by atoms with Crippen LogP contribution in [0.25, 0.3) is 16.9 Å². The summed E-state index contributed by atoms with van der Waals surface area (Å²) in [4.78, 5) is 4.57. The fraction of sp³-hybridized carbons (Fsp3) is 0.235. The van der Waals surface area contributed by atoms with Crippen molar-refractivity contribution in [2.45, 2.75) is 26.6 Å². The quantitative estimate of drug-likeness (QED) is 0.776. The van der Waals surface area contributed by atoms with Crippen LogP contribution in [0.4, 0.5) is 5.82 Å². The van der Waals surface area contributed by atoms with Crippen LogP contribution < -0.4 is 10.5 Å². The number of imidazole rings is 1. The van der Waals surface area contributed by atoms with E-state index in [2.05, 4.69) is 4.98 Å². The molecule has 0 amide bonds. The van der Waals surface area contributed by atoms with Crippen molar-refractivity contribution < 1.29 is 9.84 Å². The number of aromatic nitrogens is 2. The monoisotopic (exact) mass is 297 g/mol. The first-order valence-electron chi connectivity index (χ1n) is 7.23. The van der Waals surface area contributed by atoms with Crippen LogP contribution in [-0.2, 0) is 6.61 Å². The van der Waals surface area contributed by atoms with E-state index in [0.29, 0.717) is 5.82 Å². The lowest BCUT2D eigenvalue weighted by Gasteiger charge is -2.09. The molecule has 0 aliphatic rings. The van der Waals surface area contributed by atoms with Gasteiger partial charge in [-0.15, -0.1) is 0 Å². The molecule has 0 bridgehead atoms. The Morgan fingerprint density at radius 3 is 2.59 bits per heavy atom. The molecule has 5 heteroatoms. The molecule has 1 aromatic carbocycles. The summed E-state index contributed by atoms with van der Waals surface area (Å²) in [7, 11) is 0. The minimum absolute atomic E-state index is 0.0141. The summed E-state index contributed by atoms with van der Waals surface area (Å²) in [6, 6.07) is 11.4. The number of aliphatic hydroxyl groups excluding tert-OH is 1. The Hall–Kier alpha value is -2.53. The molecule has 3 N–H and O–H groups in total. The number of nitrogen functional groups attached to an aromatic ring is 1. The fourth-order valence-electron chi connectivity index (χ4n) is 2.38. The van der Waals surface area contributed by atoms with Gasteiger partial charge in [-0.1, -0.05) is 0 Å². The van der Waals surface area contributed by atoms with Crippen LogP contribution in [0.15, 0.2) is 42.6 Å². The van der Waals surface area contributed by atoms with Crippen molar-refractivity contribution in [2.24, 2.45) is 0 Å². The van der Waals surface area contributed by atoms with Gasteiger partial charge in [0.15, 0.2) is 0 Å². The predicted molar refractivity (Wildman–Crippen MR) is 86.7 cm³/mol. The highest BCUT2D eigenvalue weighted by Crippen LogP contribution is 2.28. The summed E-state index contributed by atoms with van der Waals surface area (Å²) < 4.78 is 7.45. The largest absolute Gasteiger partial charge is 0.491 e. The van der Waals surface area contributed by atoms with Gasteiger partial charge in [0.1, 0.15) is 22.9 Å². The maximum absolute atomic E-state index is 9.21. The first kappa shape index (κ1) is 14.4. The molecule has 2 aromatic heterocycles. The molecule has 0 saturated carbocycles. The van der Waals surface area contributed by atoms with Crippen molar-refractivity contribution in [3.05, 3.63) is 48.2 Å². The van der Waals surface area contributed by atoms with E-state index < -0.39 is 0 Å². The second-order valence-corrected chi connectivity index (χ2v) is 5.46. The minimum atomic E-state index is -0.0141. The molecule has 0 fully saturated rings. The molecule has 0 spiro atoms. The van der Waals surface area contributed by atoms with E-state index in [1.807, 2.05) is 60.8 Å². The Kier molecular flexibility index (Phi) is 3.73. The number of anilines is 1. The van der Waals surface area contributed by atoms with Crippen LogP contribution >= 0.6 is 0 Å². The first-order chi connectivity index (χ1) is 10.6. The zero-order valence-corrected chi connectivity index (χ0v) is 12.7. The standard InChI is InChI=1S/C17H19N3O2/c1-11(2)22-14-5-3-13(4-6-14)16-17(18)20-8-7-12(10-21)9-15(20)19-16/h3-9,11,21H,10,18H2,1-2H3. The lowest BCUT2D eigenvalue weighted by molar-refractivity contribution is 0.242. The van der Waals surface area contributed by atoms with Crippen LogP contribution in [0.1, 0.15) is 19.4 Å². The van der Waals surface area contributed by atoms with Crippen molar-refractivity contribution in [1.82, 2.24) is 9.38 Å². The smallest absolute Gasteiger partial charge is 0.139 e. The van der Waals surface area contributed by atoms with Crippen molar-refractivity contribution in [3.8, 4) is 17.0 Å². The number of aliphatic hydroxyl groups is 1. The lowest BCUT2D eigenvalue weighted by atomic mass is 10.1. The number of hydrogen-bond acceptors (Lipinski definition) is 4. The zero-order chi connectivity index (χ0) is 15.7. The molecular formula is C17H19N3O2. The molecule has 22 heavy (non-hydrogen) atoms. The second-order valence-electron chi connectivity index (χ2n) is 5.46. The fourth-order valence-corrected chi connectivity index (χ4v) is 2.38. The molecule has 0 aliphatic carbocycles. The number of ether oxygens (including phenoxy) is 1. The Morgan fingerprint density at radius 1 is 1.23 bits per heavy atom. The molecule has 2 heterocycles. The summed E-state index contributed by atoms with van der Waals surface area (Å²) in [5.74, 6) is 1.40. The van der Waals surface area contributed by atoms with Crippen LogP contribution in [0.2, 0.25) is 0 Å². The third-order valence-corrected chi connectivity index (χ3v) is 3.41. The third-order valence-electron chi connectivity index (χ3n) is 3.41. The first-order valence-corrected chi connectivity index (χ1v) is 7.23. The highest BCUT2D eigenvalue weighted by atomic mass is 16.5. The molecule has 0 saturated heterocycles. The van der Waals surface area contributed by atoms with Crippen molar-refractivity contribution in [3.63, 3.8) is 0 Å². The molecule has 3 aromatic rings. The topological polar surface area (TPSA) is 72.8 Å². The summed E-state index contributed by atoms with van der Waals surface area (Å²) in [6.07, 6.45) is 1.96. The van der Waals surface area contributed by atoms with E-state index >= 15 is 0 Å². The maximum Gasteiger partial charge on any atom is 0.139 e. The lowest BCUT2D eigenvalue weighted by Crippen LogP contribution is -2.05. The summed E-state index contributed by atoms with van der Waals surface area (Å²) in [5, 5.41) is 9.21. The van der Waals surface area contributed by atoms with Crippen LogP contribution in [0.5, 0.6) is 5.75 Å². The Bertz CT molecular complexity index is 792. The Balaban J connectivity index is 2.00. The van der Waals surface area contributed by atoms with E-state index in [-0.39, 0.29) is 12.7 Å². The van der Waals surface area contributed by atoms with E-state index in [9.17, 15) is 5.11 Å². The zero-order valence-electron chi connectivity index (χ0n) is 12.7. The molecule has 0 atom stereocenters. The Morgan fingerprint density at radius 2 is 1.95 bits per heavy atom. The minimum Gasteiger partial charge on any atom is -0.491 e. The number of fused-ring (bicyclic) bond motifs is 1. The molecule has 0 aliphatic heterocycles. The average Bonchev–Trinajstić information content (AvgIpc) is 2.84. The van der Waals surface area contributed by atoms with Gasteiger partial charge in [0, 0.05) is 11.8 Å². The summed E-state index contributed by atoms with van der Waals surface area (Å²) in [6.45, 7) is 3.97. The van der Waals surface area contributed by atoms with Gasteiger partial charge in [-0.25, -0.2) is 4.98 Å². The molecule has 114 valence electrons. The average molecular weight is 297 g/mol. The van der Waals surface area contributed by atoms with Gasteiger partial charge in [0.25, 0.3) is 0 Å². The van der Waals surface area contributed by atoms with Crippen molar-refractivity contribution in [1.29, 1.82) is 0 Å². The number of rotatable bonds is 4. The number of nitrogens with two attached hydrogens (primary N) is 1. The molecule has 0 radical (unpaired) electrons. The second kappa shape index (κ2) is 5.69. The SMILES string of the molecule is CC(C)Oc1ccc(-c2nc3cc(CO)ccn3c2N)cc1. The van der Waals surface area contributed by atoms with Gasteiger partial charge in [-0.3, -0.25) is 4.40 Å². The molecular weight excluding hydrogens is 278 g/mol. The van der Waals surface area contributed by atoms with E-state index in [1.165, 1.54) is 0 Å². The highest BCUT2D eigenvalue weighted by molar-refractivity contribution is 5.75. The van der Waals surface area contributed by atoms with Gasteiger partial charge in [-0.2, -0.15) is 0 Å². The number of pyridine rings is 1. The summed E-state index contributed by atoms with van der Waals surface area (Å²) >= 11 is 0. The molecule has 5 nitrogen and oxygen atoms in total. The van der Waals surface area contributed by atoms with Crippen LogP contribution in [-0.4, -0.2) is 20.6 Å². The Labute approximate surface area is 129 Å². The van der Waals surface area contributed by atoms with Gasteiger partial charge >= 0.3 is 0 Å². The number of benzene rings is 1. The van der Waals surface area contributed by atoms with E-state index in [0.717, 1.165) is 28.2 Å². The highest BCUT2D eigenvalue weighted by Gasteiger charge is 2.12. The number of hydrogen-bond donors (Lipinski definition) is 2. The van der Waals surface area contributed by atoms with Gasteiger partial charge < -0.3 is 15.6 Å². The van der Waals surface area contributed by atoms with Crippen LogP contribution in [0, 0.1) is 0 Å². The van der Waals surface area contributed by atoms with E-state index in [4.69, 9.17) is 10.5 Å². The predicted octanol–water partition coefficient (Wildman–Crippen LogP) is 2.86. The maximum atomic E-state index is 9.21. The third kappa shape index (κ3) is 2.63. The van der Waals surface area contributed by atoms with Crippen molar-refractivity contribution >= 4 is 11.5 Å². The van der Waals surface area contributed by atoms with Gasteiger partial charge in [0.2, 0.25) is 0 Å². The van der Waals surface area contributed by atoms with Crippen molar-refractivity contribution in [2.75, 3.05) is 5.73 Å². The normalized spacial score (nSPS) is 11.3. The van der Waals surface area contributed by atoms with Gasteiger partial charge in [-0.05, 0) is 55.8 Å². The number of nitrogens with zero attached hydrogens (tertiary/aromatic N) is 2. The van der Waals surface area contributed by atoms with Crippen LogP contribution in [0.3, 0.4) is 0 Å². The van der Waals surface area contributed by atoms with E-state index in [1.54, 1.807) is 0 Å². The molecule has 0 unspecified atom stereocenters. The van der Waals surface area contributed by atoms with Gasteiger partial charge in [0.05, 0.1) is 12.7 Å². The molecule has 3 rings (SSSR count).